The molecule has 4 rings (SSSR count). The third kappa shape index (κ3) is 5.24. The van der Waals surface area contributed by atoms with Gasteiger partial charge in [-0.25, -0.2) is 4.68 Å². The van der Waals surface area contributed by atoms with Crippen LogP contribution in [0.4, 0.5) is 17.2 Å². The van der Waals surface area contributed by atoms with Crippen LogP contribution in [0.3, 0.4) is 0 Å². The van der Waals surface area contributed by atoms with E-state index in [0.717, 1.165) is 17.2 Å². The number of hydrogen-bond acceptors (Lipinski definition) is 6. The summed E-state index contributed by atoms with van der Waals surface area (Å²) < 4.78 is 12.5. The highest BCUT2D eigenvalue weighted by molar-refractivity contribution is 5.95. The second-order valence-corrected chi connectivity index (χ2v) is 8.53. The van der Waals surface area contributed by atoms with Gasteiger partial charge in [0, 0.05) is 32.0 Å². The number of para-hydroxylation sites is 1. The van der Waals surface area contributed by atoms with E-state index < -0.39 is 0 Å². The summed E-state index contributed by atoms with van der Waals surface area (Å²) in [6, 6.07) is 15.1. The van der Waals surface area contributed by atoms with E-state index >= 15 is 0 Å². The summed E-state index contributed by atoms with van der Waals surface area (Å²) in [6.45, 7) is 4.68. The minimum atomic E-state index is -0.152. The summed E-state index contributed by atoms with van der Waals surface area (Å²) in [4.78, 5) is 27.2. The third-order valence-electron chi connectivity index (χ3n) is 6.17. The van der Waals surface area contributed by atoms with Crippen molar-refractivity contribution in [3.63, 3.8) is 0 Å². The monoisotopic (exact) mass is 477 g/mol. The molecular formula is C26H31N5O4. The van der Waals surface area contributed by atoms with Crippen LogP contribution in [0.15, 0.2) is 48.5 Å². The van der Waals surface area contributed by atoms with E-state index in [9.17, 15) is 9.59 Å². The summed E-state index contributed by atoms with van der Waals surface area (Å²) >= 11 is 0. The van der Waals surface area contributed by atoms with Gasteiger partial charge in [0.2, 0.25) is 11.8 Å². The van der Waals surface area contributed by atoms with E-state index in [1.807, 2.05) is 41.9 Å². The van der Waals surface area contributed by atoms with Crippen LogP contribution < -0.4 is 25.0 Å². The van der Waals surface area contributed by atoms with Crippen LogP contribution in [0.5, 0.6) is 11.5 Å². The Balaban J connectivity index is 1.53. The van der Waals surface area contributed by atoms with E-state index in [0.29, 0.717) is 48.8 Å². The number of amides is 2. The number of carbonyl (C=O) groups is 2. The number of nitrogens with zero attached hydrogens (tertiary/aromatic N) is 3. The molecule has 0 bridgehead atoms. The predicted octanol–water partition coefficient (Wildman–Crippen LogP) is 4.01. The molecule has 184 valence electrons. The van der Waals surface area contributed by atoms with Crippen LogP contribution in [0.1, 0.15) is 25.5 Å². The molecule has 0 spiro atoms. The third-order valence-corrected chi connectivity index (χ3v) is 6.17. The summed E-state index contributed by atoms with van der Waals surface area (Å²) in [5.74, 6) is 1.71. The molecule has 2 heterocycles. The number of methoxy groups -OCH3 is 2. The number of nitrogens with one attached hydrogen (secondary N) is 2. The van der Waals surface area contributed by atoms with Crippen molar-refractivity contribution >= 4 is 29.0 Å². The van der Waals surface area contributed by atoms with Crippen molar-refractivity contribution in [2.75, 3.05) is 42.8 Å². The zero-order valence-electron chi connectivity index (χ0n) is 20.5. The largest absolute Gasteiger partial charge is 0.497 e. The number of hydrogen-bond donors (Lipinski definition) is 2. The Morgan fingerprint density at radius 3 is 2.34 bits per heavy atom. The van der Waals surface area contributed by atoms with Crippen LogP contribution in [0, 0.1) is 12.8 Å². The normalized spacial score (nSPS) is 13.9. The SMILES string of the molecule is COc1ccc(OC)c(NC(=O)C2CCN(c3c(NC(C)=O)c(C)nn3-c3ccccc3)CC2)c1. The fourth-order valence-electron chi connectivity index (χ4n) is 4.38. The van der Waals surface area contributed by atoms with Crippen molar-refractivity contribution in [1.82, 2.24) is 9.78 Å². The first-order valence-electron chi connectivity index (χ1n) is 11.6. The number of carbonyl (C=O) groups excluding carboxylic acids is 2. The zero-order chi connectivity index (χ0) is 24.9. The molecule has 2 amide bonds. The van der Waals surface area contributed by atoms with E-state index in [2.05, 4.69) is 15.5 Å². The highest BCUT2D eigenvalue weighted by Gasteiger charge is 2.30. The number of aromatic nitrogens is 2. The predicted molar refractivity (Wildman–Crippen MR) is 136 cm³/mol. The Bertz CT molecular complexity index is 1200. The number of piperidine rings is 1. The average Bonchev–Trinajstić information content (AvgIpc) is 3.19. The van der Waals surface area contributed by atoms with Gasteiger partial charge >= 0.3 is 0 Å². The number of benzene rings is 2. The fourth-order valence-corrected chi connectivity index (χ4v) is 4.38. The first kappa shape index (κ1) is 24.1. The second kappa shape index (κ2) is 10.5. The fraction of sp³-hybridized carbons (Fsp3) is 0.346. The van der Waals surface area contributed by atoms with Crippen LogP contribution in [-0.2, 0) is 9.59 Å². The molecule has 0 radical (unpaired) electrons. The van der Waals surface area contributed by atoms with E-state index in [1.165, 1.54) is 6.92 Å². The molecule has 9 heteroatoms. The van der Waals surface area contributed by atoms with Gasteiger partial charge in [-0.15, -0.1) is 0 Å². The molecule has 9 nitrogen and oxygen atoms in total. The van der Waals surface area contributed by atoms with Crippen molar-refractivity contribution in [2.45, 2.75) is 26.7 Å². The summed E-state index contributed by atoms with van der Waals surface area (Å²) in [7, 11) is 3.15. The highest BCUT2D eigenvalue weighted by atomic mass is 16.5. The molecule has 35 heavy (non-hydrogen) atoms. The molecule has 0 aliphatic carbocycles. The quantitative estimate of drug-likeness (QED) is 0.534. The number of aryl methyl sites for hydroxylation is 1. The summed E-state index contributed by atoms with van der Waals surface area (Å²) in [5.41, 5.74) is 2.94. The summed E-state index contributed by atoms with van der Waals surface area (Å²) in [5, 5.41) is 10.7. The van der Waals surface area contributed by atoms with Crippen LogP contribution in [0.25, 0.3) is 5.69 Å². The molecule has 0 saturated carbocycles. The maximum absolute atomic E-state index is 13.1. The average molecular weight is 478 g/mol. The molecule has 0 unspecified atom stereocenters. The second-order valence-electron chi connectivity index (χ2n) is 8.53. The minimum Gasteiger partial charge on any atom is -0.497 e. The van der Waals surface area contributed by atoms with Gasteiger partial charge in [0.15, 0.2) is 5.82 Å². The van der Waals surface area contributed by atoms with Gasteiger partial charge in [-0.3, -0.25) is 9.59 Å². The smallest absolute Gasteiger partial charge is 0.227 e. The topological polar surface area (TPSA) is 97.7 Å². The Morgan fingerprint density at radius 2 is 1.71 bits per heavy atom. The molecule has 1 saturated heterocycles. The van der Waals surface area contributed by atoms with Crippen LogP contribution >= 0.6 is 0 Å². The van der Waals surface area contributed by atoms with Gasteiger partial charge in [-0.2, -0.15) is 5.10 Å². The molecule has 1 aromatic heterocycles. The Labute approximate surface area is 205 Å². The van der Waals surface area contributed by atoms with Gasteiger partial charge in [-0.1, -0.05) is 18.2 Å². The molecular weight excluding hydrogens is 446 g/mol. The first-order valence-corrected chi connectivity index (χ1v) is 11.6. The molecule has 2 aromatic carbocycles. The molecule has 2 N–H and O–H groups in total. The van der Waals surface area contributed by atoms with Crippen molar-refractivity contribution in [3.8, 4) is 17.2 Å². The number of ether oxygens (including phenoxy) is 2. The van der Waals surface area contributed by atoms with E-state index in [-0.39, 0.29) is 17.7 Å². The maximum Gasteiger partial charge on any atom is 0.227 e. The zero-order valence-corrected chi connectivity index (χ0v) is 20.5. The lowest BCUT2D eigenvalue weighted by Gasteiger charge is -2.33. The highest BCUT2D eigenvalue weighted by Crippen LogP contribution is 2.35. The van der Waals surface area contributed by atoms with Crippen molar-refractivity contribution < 1.29 is 19.1 Å². The van der Waals surface area contributed by atoms with E-state index in [1.54, 1.807) is 32.4 Å². The Hall–Kier alpha value is -4.01. The molecule has 1 fully saturated rings. The first-order chi connectivity index (χ1) is 16.9. The molecule has 1 aliphatic heterocycles. The number of anilines is 3. The lowest BCUT2D eigenvalue weighted by Crippen LogP contribution is -2.39. The van der Waals surface area contributed by atoms with Gasteiger partial charge in [0.1, 0.15) is 17.2 Å². The Kier molecular flexibility index (Phi) is 7.24. The van der Waals surface area contributed by atoms with Gasteiger partial charge in [0.25, 0.3) is 0 Å². The molecule has 3 aromatic rings. The number of rotatable bonds is 7. The van der Waals surface area contributed by atoms with Crippen molar-refractivity contribution in [2.24, 2.45) is 5.92 Å². The van der Waals surface area contributed by atoms with Gasteiger partial charge in [-0.05, 0) is 44.0 Å². The van der Waals surface area contributed by atoms with Crippen LogP contribution in [0.2, 0.25) is 0 Å². The van der Waals surface area contributed by atoms with Crippen LogP contribution in [-0.4, -0.2) is 48.9 Å². The van der Waals surface area contributed by atoms with E-state index in [4.69, 9.17) is 14.6 Å². The molecule has 1 aliphatic rings. The summed E-state index contributed by atoms with van der Waals surface area (Å²) in [6.07, 6.45) is 1.33. The lowest BCUT2D eigenvalue weighted by atomic mass is 9.95. The minimum absolute atomic E-state index is 0.0500. The van der Waals surface area contributed by atoms with Gasteiger partial charge in [0.05, 0.1) is 31.3 Å². The van der Waals surface area contributed by atoms with Gasteiger partial charge < -0.3 is 25.0 Å². The molecule has 0 atom stereocenters. The Morgan fingerprint density at radius 1 is 1.00 bits per heavy atom. The standard InChI is InChI=1S/C26H31N5O4/c1-17-24(27-18(2)32)26(31(29-17)20-8-6-5-7-9-20)30-14-12-19(13-15-30)25(33)28-22-16-21(34-3)10-11-23(22)35-4/h5-11,16,19H,12-15H2,1-4H3,(H,27,32)(H,28,33). The van der Waals surface area contributed by atoms with Crippen molar-refractivity contribution in [3.05, 3.63) is 54.2 Å². The lowest BCUT2D eigenvalue weighted by molar-refractivity contribution is -0.120. The maximum atomic E-state index is 13.1. The van der Waals surface area contributed by atoms with Crippen molar-refractivity contribution in [1.29, 1.82) is 0 Å².